The maximum absolute atomic E-state index is 5.50. The van der Waals surface area contributed by atoms with Gasteiger partial charge in [0.2, 0.25) is 0 Å². The summed E-state index contributed by atoms with van der Waals surface area (Å²) in [6.07, 6.45) is 2.12. The molecule has 0 aliphatic heterocycles. The summed E-state index contributed by atoms with van der Waals surface area (Å²) in [5.41, 5.74) is 5.30. The van der Waals surface area contributed by atoms with Gasteiger partial charge in [-0.3, -0.25) is 0 Å². The quantitative estimate of drug-likeness (QED) is 0.660. The molecular formula is C19H23BrO. The van der Waals surface area contributed by atoms with Crippen molar-refractivity contribution in [3.63, 3.8) is 0 Å². The van der Waals surface area contributed by atoms with Gasteiger partial charge in [-0.05, 0) is 49.8 Å². The van der Waals surface area contributed by atoms with Gasteiger partial charge in [0.1, 0.15) is 5.75 Å². The molecular weight excluding hydrogens is 324 g/mol. The molecule has 2 rings (SSSR count). The fourth-order valence-corrected chi connectivity index (χ4v) is 3.07. The lowest BCUT2D eigenvalue weighted by Crippen LogP contribution is -2.11. The second-order valence-electron chi connectivity index (χ2n) is 5.73. The van der Waals surface area contributed by atoms with Crippen molar-refractivity contribution in [2.75, 3.05) is 12.4 Å². The molecule has 0 aliphatic rings. The zero-order chi connectivity index (χ0) is 15.2. The Kier molecular flexibility index (Phi) is 5.86. The number of ether oxygens (including phenoxy) is 1. The molecule has 1 nitrogen and oxygen atoms in total. The van der Waals surface area contributed by atoms with E-state index in [-0.39, 0.29) is 0 Å². The van der Waals surface area contributed by atoms with Crippen molar-refractivity contribution in [3.05, 3.63) is 64.7 Å². The summed E-state index contributed by atoms with van der Waals surface area (Å²) in [5, 5.41) is 0.998. The Hall–Kier alpha value is -1.28. The van der Waals surface area contributed by atoms with Crippen molar-refractivity contribution in [2.45, 2.75) is 26.7 Å². The van der Waals surface area contributed by atoms with Crippen LogP contribution in [0.4, 0.5) is 0 Å². The van der Waals surface area contributed by atoms with Crippen LogP contribution in [0.2, 0.25) is 0 Å². The van der Waals surface area contributed by atoms with Gasteiger partial charge in [-0.1, -0.05) is 63.5 Å². The lowest BCUT2D eigenvalue weighted by Gasteiger charge is -2.17. The summed E-state index contributed by atoms with van der Waals surface area (Å²) in [6.45, 7) is 4.26. The highest BCUT2D eigenvalue weighted by Gasteiger charge is 2.13. The highest BCUT2D eigenvalue weighted by Crippen LogP contribution is 2.25. The van der Waals surface area contributed by atoms with Gasteiger partial charge in [-0.15, -0.1) is 0 Å². The fraction of sp³-hybridized carbons (Fsp3) is 0.368. The predicted octanol–water partition coefficient (Wildman–Crippen LogP) is 5.11. The van der Waals surface area contributed by atoms with Crippen LogP contribution in [0, 0.1) is 19.8 Å². The van der Waals surface area contributed by atoms with E-state index in [0.29, 0.717) is 5.92 Å². The third kappa shape index (κ3) is 4.60. The molecule has 2 aromatic rings. The highest BCUT2D eigenvalue weighted by atomic mass is 79.9. The molecule has 0 saturated heterocycles. The van der Waals surface area contributed by atoms with Crippen LogP contribution in [-0.2, 0) is 12.8 Å². The van der Waals surface area contributed by atoms with E-state index < -0.39 is 0 Å². The molecule has 0 bridgehead atoms. The molecule has 0 heterocycles. The van der Waals surface area contributed by atoms with Crippen molar-refractivity contribution < 1.29 is 4.74 Å². The first-order chi connectivity index (χ1) is 10.1. The van der Waals surface area contributed by atoms with Crippen molar-refractivity contribution >= 4 is 15.9 Å². The summed E-state index contributed by atoms with van der Waals surface area (Å²) >= 11 is 3.67. The summed E-state index contributed by atoms with van der Waals surface area (Å²) in [5.74, 6) is 1.57. The molecule has 21 heavy (non-hydrogen) atoms. The number of hydrogen-bond donors (Lipinski definition) is 0. The molecule has 0 N–H and O–H groups in total. The molecule has 1 unspecified atom stereocenters. The normalized spacial score (nSPS) is 12.2. The molecule has 0 aromatic heterocycles. The molecule has 0 amide bonds. The number of halogens is 1. The average molecular weight is 347 g/mol. The Bertz CT molecular complexity index is 575. The lowest BCUT2D eigenvalue weighted by molar-refractivity contribution is 0.405. The number of aryl methyl sites for hydroxylation is 2. The van der Waals surface area contributed by atoms with Crippen LogP contribution in [0.15, 0.2) is 42.5 Å². The van der Waals surface area contributed by atoms with Crippen LogP contribution in [0.3, 0.4) is 0 Å². The Morgan fingerprint density at radius 3 is 2.24 bits per heavy atom. The summed E-state index contributed by atoms with van der Waals surface area (Å²) in [6, 6.07) is 15.3. The summed E-state index contributed by atoms with van der Waals surface area (Å²) < 4.78 is 5.50. The number of rotatable bonds is 6. The topological polar surface area (TPSA) is 9.23 Å². The molecule has 0 radical (unpaired) electrons. The Morgan fingerprint density at radius 2 is 1.62 bits per heavy atom. The van der Waals surface area contributed by atoms with Crippen LogP contribution < -0.4 is 4.74 Å². The largest absolute Gasteiger partial charge is 0.496 e. The van der Waals surface area contributed by atoms with E-state index in [1.807, 2.05) is 0 Å². The van der Waals surface area contributed by atoms with Crippen LogP contribution >= 0.6 is 15.9 Å². The Labute approximate surface area is 136 Å². The van der Waals surface area contributed by atoms with Gasteiger partial charge in [0.05, 0.1) is 7.11 Å². The van der Waals surface area contributed by atoms with Crippen molar-refractivity contribution in [1.29, 1.82) is 0 Å². The van der Waals surface area contributed by atoms with Crippen molar-refractivity contribution in [2.24, 2.45) is 5.92 Å². The lowest BCUT2D eigenvalue weighted by atomic mass is 9.93. The minimum absolute atomic E-state index is 0.573. The third-order valence-corrected chi connectivity index (χ3v) is 4.72. The van der Waals surface area contributed by atoms with Gasteiger partial charge in [-0.2, -0.15) is 0 Å². The Balaban J connectivity index is 2.11. The zero-order valence-electron chi connectivity index (χ0n) is 13.0. The van der Waals surface area contributed by atoms with Crippen molar-refractivity contribution in [1.82, 2.24) is 0 Å². The standard InChI is InChI=1S/C19H23BrO/c1-14-4-7-16(8-5-14)11-17(13-20)12-18-10-15(2)6-9-19(18)21-3/h4-10,17H,11-13H2,1-3H3. The van der Waals surface area contributed by atoms with Crippen molar-refractivity contribution in [3.8, 4) is 5.75 Å². The van der Waals surface area contributed by atoms with E-state index in [0.717, 1.165) is 23.9 Å². The minimum Gasteiger partial charge on any atom is -0.496 e. The molecule has 1 atom stereocenters. The van der Waals surface area contributed by atoms with Crippen LogP contribution in [0.1, 0.15) is 22.3 Å². The maximum atomic E-state index is 5.50. The number of methoxy groups -OCH3 is 1. The Morgan fingerprint density at radius 1 is 0.952 bits per heavy atom. The second kappa shape index (κ2) is 7.65. The van der Waals surface area contributed by atoms with Crippen LogP contribution in [0.5, 0.6) is 5.75 Å². The molecule has 0 aliphatic carbocycles. The predicted molar refractivity (Wildman–Crippen MR) is 93.6 cm³/mol. The van der Waals surface area contributed by atoms with E-state index >= 15 is 0 Å². The molecule has 112 valence electrons. The van der Waals surface area contributed by atoms with E-state index in [9.17, 15) is 0 Å². The third-order valence-electron chi connectivity index (χ3n) is 3.81. The van der Waals surface area contributed by atoms with Gasteiger partial charge in [0, 0.05) is 5.33 Å². The van der Waals surface area contributed by atoms with E-state index in [1.54, 1.807) is 7.11 Å². The van der Waals surface area contributed by atoms with E-state index in [4.69, 9.17) is 4.74 Å². The highest BCUT2D eigenvalue weighted by molar-refractivity contribution is 9.09. The zero-order valence-corrected chi connectivity index (χ0v) is 14.6. The van der Waals surface area contributed by atoms with E-state index in [1.165, 1.54) is 22.3 Å². The molecule has 0 spiro atoms. The second-order valence-corrected chi connectivity index (χ2v) is 6.38. The average Bonchev–Trinajstić information content (AvgIpc) is 2.49. The van der Waals surface area contributed by atoms with Gasteiger partial charge in [-0.25, -0.2) is 0 Å². The molecule has 2 heteroatoms. The van der Waals surface area contributed by atoms with Gasteiger partial charge in [0.15, 0.2) is 0 Å². The van der Waals surface area contributed by atoms with Crippen LogP contribution in [0.25, 0.3) is 0 Å². The fourth-order valence-electron chi connectivity index (χ4n) is 2.62. The SMILES string of the molecule is COc1ccc(C)cc1CC(CBr)Cc1ccc(C)cc1. The first-order valence-electron chi connectivity index (χ1n) is 7.37. The molecule has 2 aromatic carbocycles. The van der Waals surface area contributed by atoms with Gasteiger partial charge >= 0.3 is 0 Å². The van der Waals surface area contributed by atoms with E-state index in [2.05, 4.69) is 72.2 Å². The monoisotopic (exact) mass is 346 g/mol. The smallest absolute Gasteiger partial charge is 0.122 e. The van der Waals surface area contributed by atoms with Gasteiger partial charge < -0.3 is 4.74 Å². The molecule has 0 fully saturated rings. The number of alkyl halides is 1. The van der Waals surface area contributed by atoms with Gasteiger partial charge in [0.25, 0.3) is 0 Å². The first-order valence-corrected chi connectivity index (χ1v) is 8.49. The number of benzene rings is 2. The summed E-state index contributed by atoms with van der Waals surface area (Å²) in [7, 11) is 1.75. The maximum Gasteiger partial charge on any atom is 0.122 e. The first kappa shape index (κ1) is 16.1. The molecule has 0 saturated carbocycles. The van der Waals surface area contributed by atoms with Crippen LogP contribution in [-0.4, -0.2) is 12.4 Å². The summed E-state index contributed by atoms with van der Waals surface area (Å²) in [4.78, 5) is 0. The number of hydrogen-bond acceptors (Lipinski definition) is 1. The minimum atomic E-state index is 0.573.